The minimum Gasteiger partial charge on any atom is -0.337 e. The highest BCUT2D eigenvalue weighted by molar-refractivity contribution is 9.11. The minimum atomic E-state index is 0.00319. The molecule has 0 saturated heterocycles. The van der Waals surface area contributed by atoms with Crippen LogP contribution in [0.4, 0.5) is 0 Å². The number of carbonyl (C=O) groups is 1. The molecule has 0 aliphatic rings. The molecule has 0 N–H and O–H groups in total. The van der Waals surface area contributed by atoms with E-state index in [1.165, 1.54) is 11.3 Å². The average molecular weight is 287 g/mol. The number of amides is 1. The van der Waals surface area contributed by atoms with E-state index in [2.05, 4.69) is 15.9 Å². The van der Waals surface area contributed by atoms with E-state index in [1.54, 1.807) is 11.0 Å². The predicted octanol–water partition coefficient (Wildman–Crippen LogP) is 2.89. The number of nitriles is 1. The highest BCUT2D eigenvalue weighted by Gasteiger charge is 2.15. The fourth-order valence-electron chi connectivity index (χ4n) is 1.17. The zero-order chi connectivity index (χ0) is 11.3. The highest BCUT2D eigenvalue weighted by atomic mass is 79.9. The van der Waals surface area contributed by atoms with Crippen molar-refractivity contribution >= 4 is 33.2 Å². The van der Waals surface area contributed by atoms with Crippen molar-refractivity contribution in [3.05, 3.63) is 20.8 Å². The summed E-state index contributed by atoms with van der Waals surface area (Å²) in [7, 11) is 0. The maximum atomic E-state index is 11.9. The Morgan fingerprint density at radius 1 is 1.67 bits per heavy atom. The highest BCUT2D eigenvalue weighted by Crippen LogP contribution is 2.23. The largest absolute Gasteiger partial charge is 0.337 e. The number of hydrogen-bond acceptors (Lipinski definition) is 3. The molecule has 0 saturated carbocycles. The van der Waals surface area contributed by atoms with Gasteiger partial charge in [-0.2, -0.15) is 5.26 Å². The number of rotatable bonds is 4. The number of halogens is 1. The fourth-order valence-corrected chi connectivity index (χ4v) is 2.53. The second-order valence-corrected chi connectivity index (χ2v) is 5.36. The number of hydrogen-bond donors (Lipinski definition) is 0. The van der Waals surface area contributed by atoms with E-state index in [9.17, 15) is 4.79 Å². The van der Waals surface area contributed by atoms with Gasteiger partial charge in [0.05, 0.1) is 21.2 Å². The molecular formula is C10H11BrN2OS. The summed E-state index contributed by atoms with van der Waals surface area (Å²) in [5.41, 5.74) is 0. The Labute approximate surface area is 101 Å². The zero-order valence-corrected chi connectivity index (χ0v) is 10.8. The van der Waals surface area contributed by atoms with Gasteiger partial charge in [0.15, 0.2) is 0 Å². The molecule has 0 radical (unpaired) electrons. The molecule has 1 amide bonds. The summed E-state index contributed by atoms with van der Waals surface area (Å²) in [6.07, 6.45) is 0.381. The van der Waals surface area contributed by atoms with Crippen LogP contribution in [0.5, 0.6) is 0 Å². The maximum absolute atomic E-state index is 11.9. The molecule has 0 aliphatic heterocycles. The van der Waals surface area contributed by atoms with E-state index in [0.717, 1.165) is 3.79 Å². The first-order chi connectivity index (χ1) is 7.19. The van der Waals surface area contributed by atoms with E-state index in [0.29, 0.717) is 24.4 Å². The summed E-state index contributed by atoms with van der Waals surface area (Å²) in [4.78, 5) is 14.3. The maximum Gasteiger partial charge on any atom is 0.263 e. The standard InChI is InChI=1S/C10H11BrN2OS/c1-2-13(7-3-6-12)10(14)8-4-5-9(11)15-8/h4-5H,2-3,7H2,1H3. The van der Waals surface area contributed by atoms with Crippen molar-refractivity contribution in [3.8, 4) is 6.07 Å². The van der Waals surface area contributed by atoms with Crippen molar-refractivity contribution in [2.24, 2.45) is 0 Å². The molecule has 3 nitrogen and oxygen atoms in total. The van der Waals surface area contributed by atoms with Crippen LogP contribution in [0.3, 0.4) is 0 Å². The van der Waals surface area contributed by atoms with Gasteiger partial charge in [-0.05, 0) is 35.0 Å². The van der Waals surface area contributed by atoms with E-state index >= 15 is 0 Å². The van der Waals surface area contributed by atoms with E-state index in [-0.39, 0.29) is 5.91 Å². The van der Waals surface area contributed by atoms with Gasteiger partial charge in [0.1, 0.15) is 0 Å². The van der Waals surface area contributed by atoms with E-state index < -0.39 is 0 Å². The number of nitrogens with zero attached hydrogens (tertiary/aromatic N) is 2. The van der Waals surface area contributed by atoms with Crippen LogP contribution < -0.4 is 0 Å². The van der Waals surface area contributed by atoms with Crippen LogP contribution in [0.2, 0.25) is 0 Å². The molecule has 0 spiro atoms. The molecule has 0 bridgehead atoms. The third-order valence-corrected chi connectivity index (χ3v) is 3.56. The van der Waals surface area contributed by atoms with Crippen molar-refractivity contribution in [2.45, 2.75) is 13.3 Å². The Hall–Kier alpha value is -0.860. The number of carbonyl (C=O) groups excluding carboxylic acids is 1. The van der Waals surface area contributed by atoms with Gasteiger partial charge in [-0.1, -0.05) is 0 Å². The molecule has 1 heterocycles. The van der Waals surface area contributed by atoms with Crippen LogP contribution in [0.1, 0.15) is 23.0 Å². The smallest absolute Gasteiger partial charge is 0.263 e. The predicted molar refractivity (Wildman–Crippen MR) is 63.8 cm³/mol. The first kappa shape index (κ1) is 12.2. The van der Waals surface area contributed by atoms with Gasteiger partial charge in [0.2, 0.25) is 0 Å². The molecule has 0 aliphatic carbocycles. The van der Waals surface area contributed by atoms with Crippen LogP contribution in [0.25, 0.3) is 0 Å². The molecule has 80 valence electrons. The molecule has 0 aromatic carbocycles. The monoisotopic (exact) mass is 286 g/mol. The van der Waals surface area contributed by atoms with Gasteiger partial charge < -0.3 is 4.90 Å². The summed E-state index contributed by atoms with van der Waals surface area (Å²) < 4.78 is 0.946. The van der Waals surface area contributed by atoms with Crippen molar-refractivity contribution < 1.29 is 4.79 Å². The molecule has 1 rings (SSSR count). The molecular weight excluding hydrogens is 276 g/mol. The van der Waals surface area contributed by atoms with Crippen LogP contribution in [0.15, 0.2) is 15.9 Å². The molecule has 1 aromatic heterocycles. The Kier molecular flexibility index (Phi) is 4.79. The van der Waals surface area contributed by atoms with Crippen LogP contribution in [-0.4, -0.2) is 23.9 Å². The van der Waals surface area contributed by atoms with Gasteiger partial charge in [-0.25, -0.2) is 0 Å². The third-order valence-electron chi connectivity index (χ3n) is 1.95. The Morgan fingerprint density at radius 2 is 2.40 bits per heavy atom. The summed E-state index contributed by atoms with van der Waals surface area (Å²) in [6, 6.07) is 5.70. The Balaban J connectivity index is 2.69. The van der Waals surface area contributed by atoms with Crippen LogP contribution in [-0.2, 0) is 0 Å². The fraction of sp³-hybridized carbons (Fsp3) is 0.400. The third kappa shape index (κ3) is 3.33. The van der Waals surface area contributed by atoms with Gasteiger partial charge >= 0.3 is 0 Å². The van der Waals surface area contributed by atoms with Gasteiger partial charge in [0.25, 0.3) is 5.91 Å². The SMILES string of the molecule is CCN(CCC#N)C(=O)c1ccc(Br)s1. The second-order valence-electron chi connectivity index (χ2n) is 2.90. The second kappa shape index (κ2) is 5.89. The lowest BCUT2D eigenvalue weighted by molar-refractivity contribution is 0.0772. The van der Waals surface area contributed by atoms with Crippen LogP contribution >= 0.6 is 27.3 Å². The molecule has 1 aromatic rings. The van der Waals surface area contributed by atoms with Gasteiger partial charge in [-0.3, -0.25) is 4.79 Å². The van der Waals surface area contributed by atoms with Crippen molar-refractivity contribution in [2.75, 3.05) is 13.1 Å². The Morgan fingerprint density at radius 3 is 2.87 bits per heavy atom. The van der Waals surface area contributed by atoms with Gasteiger partial charge in [-0.15, -0.1) is 11.3 Å². The lowest BCUT2D eigenvalue weighted by Gasteiger charge is -2.18. The summed E-state index contributed by atoms with van der Waals surface area (Å²) >= 11 is 4.74. The van der Waals surface area contributed by atoms with Crippen molar-refractivity contribution in [1.82, 2.24) is 4.90 Å². The molecule has 0 atom stereocenters. The topological polar surface area (TPSA) is 44.1 Å². The van der Waals surface area contributed by atoms with E-state index in [4.69, 9.17) is 5.26 Å². The quantitative estimate of drug-likeness (QED) is 0.854. The molecule has 5 heteroatoms. The van der Waals surface area contributed by atoms with Gasteiger partial charge in [0, 0.05) is 13.1 Å². The van der Waals surface area contributed by atoms with Crippen molar-refractivity contribution in [1.29, 1.82) is 5.26 Å². The summed E-state index contributed by atoms with van der Waals surface area (Å²) in [5, 5.41) is 8.47. The first-order valence-electron chi connectivity index (χ1n) is 4.60. The minimum absolute atomic E-state index is 0.00319. The van der Waals surface area contributed by atoms with Crippen LogP contribution in [0, 0.1) is 11.3 Å². The number of thiophene rings is 1. The summed E-state index contributed by atoms with van der Waals surface area (Å²) in [5.74, 6) is 0.00319. The molecule has 0 fully saturated rings. The lowest BCUT2D eigenvalue weighted by Crippen LogP contribution is -2.30. The lowest BCUT2D eigenvalue weighted by atomic mass is 10.3. The molecule has 15 heavy (non-hydrogen) atoms. The average Bonchev–Trinajstić information content (AvgIpc) is 2.65. The zero-order valence-electron chi connectivity index (χ0n) is 8.36. The first-order valence-corrected chi connectivity index (χ1v) is 6.21. The molecule has 0 unspecified atom stereocenters. The Bertz CT molecular complexity index is 383. The normalized spacial score (nSPS) is 9.67. The summed E-state index contributed by atoms with van der Waals surface area (Å²) in [6.45, 7) is 3.05. The van der Waals surface area contributed by atoms with E-state index in [1.807, 2.05) is 19.1 Å². The van der Waals surface area contributed by atoms with Crippen molar-refractivity contribution in [3.63, 3.8) is 0 Å².